The molecule has 1 aromatic carbocycles. The molecule has 6 nitrogen and oxygen atoms in total. The Morgan fingerprint density at radius 1 is 1.04 bits per heavy atom. The van der Waals surface area contributed by atoms with Crippen LogP contribution in [0.5, 0.6) is 0 Å². The summed E-state index contributed by atoms with van der Waals surface area (Å²) < 4.78 is 22.9. The number of aryl methyl sites for hydroxylation is 3. The summed E-state index contributed by atoms with van der Waals surface area (Å²) >= 11 is 0. The predicted molar refractivity (Wildman–Crippen MR) is 89.8 cm³/mol. The molecule has 0 radical (unpaired) electrons. The summed E-state index contributed by atoms with van der Waals surface area (Å²) in [5.41, 5.74) is 3.14. The molecule has 0 aliphatic heterocycles. The summed E-state index contributed by atoms with van der Waals surface area (Å²) in [5.74, 6) is 2.67. The quantitative estimate of drug-likeness (QED) is 0.683. The van der Waals surface area contributed by atoms with E-state index in [9.17, 15) is 4.21 Å². The average Bonchev–Trinajstić information content (AvgIpc) is 3.08. The third-order valence-corrected chi connectivity index (χ3v) is 4.91. The van der Waals surface area contributed by atoms with Gasteiger partial charge < -0.3 is 8.94 Å². The maximum absolute atomic E-state index is 12.2. The summed E-state index contributed by atoms with van der Waals surface area (Å²) in [6, 6.07) is 8.05. The van der Waals surface area contributed by atoms with E-state index >= 15 is 0 Å². The fourth-order valence-electron chi connectivity index (χ4n) is 2.33. The number of oxazole rings is 1. The molecule has 3 aromatic rings. The summed E-state index contributed by atoms with van der Waals surface area (Å²) in [6.07, 6.45) is 0.574. The van der Waals surface area contributed by atoms with Gasteiger partial charge in [0.2, 0.25) is 11.8 Å². The molecular weight excluding hydrogens is 326 g/mol. The van der Waals surface area contributed by atoms with E-state index in [1.165, 1.54) is 5.56 Å². The molecule has 0 aliphatic carbocycles. The van der Waals surface area contributed by atoms with Gasteiger partial charge >= 0.3 is 0 Å². The molecule has 0 aliphatic rings. The minimum Gasteiger partial charge on any atom is -0.445 e. The van der Waals surface area contributed by atoms with Crippen molar-refractivity contribution in [3.8, 4) is 0 Å². The number of hydrogen-bond acceptors (Lipinski definition) is 6. The van der Waals surface area contributed by atoms with Crippen LogP contribution in [0.25, 0.3) is 0 Å². The fraction of sp³-hybridized carbons (Fsp3) is 0.353. The van der Waals surface area contributed by atoms with Crippen molar-refractivity contribution in [2.45, 2.75) is 38.7 Å². The number of nitrogens with zero attached hydrogens (tertiary/aromatic N) is 3. The molecule has 2 aromatic heterocycles. The first-order valence-corrected chi connectivity index (χ1v) is 9.14. The monoisotopic (exact) mass is 345 g/mol. The van der Waals surface area contributed by atoms with Gasteiger partial charge in [-0.2, -0.15) is 4.98 Å². The first kappa shape index (κ1) is 16.6. The summed E-state index contributed by atoms with van der Waals surface area (Å²) in [4.78, 5) is 8.57. The van der Waals surface area contributed by atoms with Crippen molar-refractivity contribution in [3.63, 3.8) is 0 Å². The van der Waals surface area contributed by atoms with Crippen LogP contribution in [0.2, 0.25) is 0 Å². The van der Waals surface area contributed by atoms with Crippen molar-refractivity contribution >= 4 is 10.8 Å². The van der Waals surface area contributed by atoms with E-state index in [0.29, 0.717) is 24.0 Å². The molecule has 0 fully saturated rings. The maximum atomic E-state index is 12.2. The lowest BCUT2D eigenvalue weighted by Crippen LogP contribution is -2.01. The van der Waals surface area contributed by atoms with Gasteiger partial charge in [0.05, 0.1) is 17.9 Å². The van der Waals surface area contributed by atoms with Gasteiger partial charge in [-0.05, 0) is 31.9 Å². The van der Waals surface area contributed by atoms with Crippen LogP contribution in [0.1, 0.15) is 40.2 Å². The average molecular weight is 345 g/mol. The Balaban J connectivity index is 1.61. The predicted octanol–water partition coefficient (Wildman–Crippen LogP) is 3.02. The molecule has 0 amide bonds. The van der Waals surface area contributed by atoms with Gasteiger partial charge in [-0.1, -0.05) is 29.4 Å². The Bertz CT molecular complexity index is 850. The molecule has 7 heteroatoms. The van der Waals surface area contributed by atoms with E-state index in [0.717, 1.165) is 17.0 Å². The van der Waals surface area contributed by atoms with Crippen LogP contribution in [-0.4, -0.2) is 19.3 Å². The number of aromatic nitrogens is 3. The fourth-order valence-corrected chi connectivity index (χ4v) is 3.23. The lowest BCUT2D eigenvalue weighted by molar-refractivity contribution is 0.380. The number of benzene rings is 1. The van der Waals surface area contributed by atoms with Crippen LogP contribution in [-0.2, 0) is 28.7 Å². The van der Waals surface area contributed by atoms with Crippen LogP contribution in [0, 0.1) is 20.8 Å². The van der Waals surface area contributed by atoms with E-state index in [1.807, 2.05) is 45.0 Å². The van der Waals surface area contributed by atoms with Crippen molar-refractivity contribution in [2.24, 2.45) is 0 Å². The van der Waals surface area contributed by atoms with Gasteiger partial charge in [-0.25, -0.2) is 4.98 Å². The van der Waals surface area contributed by atoms with Crippen LogP contribution in [0.15, 0.2) is 33.2 Å². The van der Waals surface area contributed by atoms with E-state index in [-0.39, 0.29) is 11.5 Å². The van der Waals surface area contributed by atoms with Crippen LogP contribution in [0.3, 0.4) is 0 Å². The van der Waals surface area contributed by atoms with Crippen LogP contribution in [0.4, 0.5) is 0 Å². The zero-order valence-electron chi connectivity index (χ0n) is 13.9. The lowest BCUT2D eigenvalue weighted by atomic mass is 10.1. The van der Waals surface area contributed by atoms with Crippen molar-refractivity contribution in [3.05, 3.63) is 64.5 Å². The van der Waals surface area contributed by atoms with Gasteiger partial charge in [0.25, 0.3) is 0 Å². The molecule has 1 atom stereocenters. The summed E-state index contributed by atoms with van der Waals surface area (Å²) in [7, 11) is -1.20. The minimum absolute atomic E-state index is 0.220. The Kier molecular flexibility index (Phi) is 4.89. The first-order valence-electron chi connectivity index (χ1n) is 7.65. The topological polar surface area (TPSA) is 82.0 Å². The standard InChI is InChI=1S/C17H19N3O3S/c1-11-6-4-5-7-14(11)8-16-19-15(20-23-16)9-24(21)10-17-18-12(2)13(3)22-17/h4-7H,8-10H2,1-3H3/t24-/m1/s1. The zero-order chi connectivity index (χ0) is 17.1. The smallest absolute Gasteiger partial charge is 0.231 e. The molecule has 0 saturated carbocycles. The molecule has 2 heterocycles. The van der Waals surface area contributed by atoms with Gasteiger partial charge in [0.15, 0.2) is 5.82 Å². The lowest BCUT2D eigenvalue weighted by Gasteiger charge is -2.00. The SMILES string of the molecule is Cc1ccccc1Cc1nc(C[S@@](=O)Cc2nc(C)c(C)o2)no1. The molecular formula is C17H19N3O3S. The van der Waals surface area contributed by atoms with E-state index < -0.39 is 10.8 Å². The molecule has 0 unspecified atom stereocenters. The highest BCUT2D eigenvalue weighted by Gasteiger charge is 2.14. The minimum atomic E-state index is -1.20. The molecule has 0 spiro atoms. The van der Waals surface area contributed by atoms with Gasteiger partial charge in [-0.3, -0.25) is 4.21 Å². The summed E-state index contributed by atoms with van der Waals surface area (Å²) in [6.45, 7) is 5.75. The molecule has 24 heavy (non-hydrogen) atoms. The van der Waals surface area contributed by atoms with Crippen LogP contribution >= 0.6 is 0 Å². The first-order chi connectivity index (χ1) is 11.5. The van der Waals surface area contributed by atoms with E-state index in [1.54, 1.807) is 0 Å². The largest absolute Gasteiger partial charge is 0.445 e. The highest BCUT2D eigenvalue weighted by Crippen LogP contribution is 2.14. The van der Waals surface area contributed by atoms with Gasteiger partial charge in [0.1, 0.15) is 11.5 Å². The van der Waals surface area contributed by atoms with E-state index in [4.69, 9.17) is 8.94 Å². The number of hydrogen-bond donors (Lipinski definition) is 0. The van der Waals surface area contributed by atoms with Crippen molar-refractivity contribution in [2.75, 3.05) is 0 Å². The molecule has 0 bridgehead atoms. The zero-order valence-corrected chi connectivity index (χ0v) is 14.7. The van der Waals surface area contributed by atoms with Crippen molar-refractivity contribution < 1.29 is 13.1 Å². The van der Waals surface area contributed by atoms with Crippen molar-refractivity contribution in [1.82, 2.24) is 15.1 Å². The second-order valence-electron chi connectivity index (χ2n) is 5.69. The second-order valence-corrected chi connectivity index (χ2v) is 7.14. The Hall–Kier alpha value is -2.28. The Morgan fingerprint density at radius 2 is 1.83 bits per heavy atom. The second kappa shape index (κ2) is 7.09. The third kappa shape index (κ3) is 3.97. The molecule has 126 valence electrons. The maximum Gasteiger partial charge on any atom is 0.231 e. The molecule has 0 saturated heterocycles. The molecule has 0 N–H and O–H groups in total. The van der Waals surface area contributed by atoms with E-state index in [2.05, 4.69) is 15.1 Å². The normalized spacial score (nSPS) is 12.5. The van der Waals surface area contributed by atoms with Crippen molar-refractivity contribution in [1.29, 1.82) is 0 Å². The third-order valence-electron chi connectivity index (χ3n) is 3.76. The molecule has 3 rings (SSSR count). The Labute approximate surface area is 142 Å². The van der Waals surface area contributed by atoms with Gasteiger partial charge in [0, 0.05) is 10.8 Å². The highest BCUT2D eigenvalue weighted by molar-refractivity contribution is 7.83. The highest BCUT2D eigenvalue weighted by atomic mass is 32.2. The Morgan fingerprint density at radius 3 is 2.54 bits per heavy atom. The van der Waals surface area contributed by atoms with Crippen LogP contribution < -0.4 is 0 Å². The summed E-state index contributed by atoms with van der Waals surface area (Å²) in [5, 5.41) is 3.92. The van der Waals surface area contributed by atoms with Gasteiger partial charge in [-0.15, -0.1) is 0 Å². The number of rotatable bonds is 6.